The van der Waals surface area contributed by atoms with Crippen LogP contribution in [0.5, 0.6) is 0 Å². The number of hydrogen-bond donors (Lipinski definition) is 0. The van der Waals surface area contributed by atoms with Crippen molar-refractivity contribution in [1.29, 1.82) is 0 Å². The number of halogens is 1. The van der Waals surface area contributed by atoms with E-state index >= 15 is 0 Å². The van der Waals surface area contributed by atoms with Gasteiger partial charge in [-0.25, -0.2) is 4.39 Å². The second-order valence-corrected chi connectivity index (χ2v) is 5.60. The highest BCUT2D eigenvalue weighted by molar-refractivity contribution is 7.84. The van der Waals surface area contributed by atoms with Crippen LogP contribution in [-0.2, 0) is 26.1 Å². The van der Waals surface area contributed by atoms with E-state index in [0.29, 0.717) is 5.75 Å². The van der Waals surface area contributed by atoms with Gasteiger partial charge in [0.1, 0.15) is 5.82 Å². The van der Waals surface area contributed by atoms with Gasteiger partial charge in [-0.1, -0.05) is 19.1 Å². The standard InChI is InChI=1S/C12H15FO3S/c1-9(7-12(14)16-2)17(15)8-10-3-5-11(13)6-4-10/h3-6,9H,7-8H2,1-2H3. The minimum atomic E-state index is -1.17. The smallest absolute Gasteiger partial charge is 0.306 e. The summed E-state index contributed by atoms with van der Waals surface area (Å²) in [5.41, 5.74) is 0.793. The van der Waals surface area contributed by atoms with Gasteiger partial charge in [0.05, 0.1) is 13.5 Å². The molecule has 0 aliphatic heterocycles. The van der Waals surface area contributed by atoms with Crippen LogP contribution in [0.2, 0.25) is 0 Å². The van der Waals surface area contributed by atoms with Crippen molar-refractivity contribution in [3.8, 4) is 0 Å². The molecule has 0 aliphatic carbocycles. The van der Waals surface area contributed by atoms with E-state index in [2.05, 4.69) is 4.74 Å². The summed E-state index contributed by atoms with van der Waals surface area (Å²) in [7, 11) is 0.136. The van der Waals surface area contributed by atoms with Crippen LogP contribution in [0.1, 0.15) is 18.9 Å². The monoisotopic (exact) mass is 258 g/mol. The lowest BCUT2D eigenvalue weighted by atomic mass is 10.2. The van der Waals surface area contributed by atoms with E-state index in [1.165, 1.54) is 19.2 Å². The summed E-state index contributed by atoms with van der Waals surface area (Å²) >= 11 is 0. The first kappa shape index (κ1) is 13.8. The van der Waals surface area contributed by atoms with Crippen LogP contribution in [0.4, 0.5) is 4.39 Å². The Bertz CT molecular complexity index is 403. The molecule has 5 heteroatoms. The van der Waals surface area contributed by atoms with Crippen molar-refractivity contribution in [1.82, 2.24) is 0 Å². The number of carbonyl (C=O) groups is 1. The second kappa shape index (κ2) is 6.49. The van der Waals surface area contributed by atoms with Crippen LogP contribution >= 0.6 is 0 Å². The first-order chi connectivity index (χ1) is 8.02. The molecule has 1 rings (SSSR count). The lowest BCUT2D eigenvalue weighted by Crippen LogP contribution is -2.18. The first-order valence-corrected chi connectivity index (χ1v) is 6.59. The molecule has 3 nitrogen and oxygen atoms in total. The fourth-order valence-electron chi connectivity index (χ4n) is 1.30. The molecule has 94 valence electrons. The maximum atomic E-state index is 12.7. The van der Waals surface area contributed by atoms with E-state index in [9.17, 15) is 13.4 Å². The summed E-state index contributed by atoms with van der Waals surface area (Å²) in [4.78, 5) is 11.0. The number of benzene rings is 1. The molecule has 2 atom stereocenters. The third kappa shape index (κ3) is 4.65. The van der Waals surface area contributed by atoms with Gasteiger partial charge in [-0.3, -0.25) is 9.00 Å². The van der Waals surface area contributed by atoms with Crippen LogP contribution < -0.4 is 0 Å². The summed E-state index contributed by atoms with van der Waals surface area (Å²) < 4.78 is 29.0. The lowest BCUT2D eigenvalue weighted by Gasteiger charge is -2.10. The molecule has 0 radical (unpaired) electrons. The van der Waals surface area contributed by atoms with E-state index in [1.807, 2.05) is 0 Å². The molecule has 0 saturated heterocycles. The molecule has 0 amide bonds. The number of ether oxygens (including phenoxy) is 1. The van der Waals surface area contributed by atoms with Gasteiger partial charge in [-0.2, -0.15) is 0 Å². The van der Waals surface area contributed by atoms with E-state index < -0.39 is 10.8 Å². The third-order valence-electron chi connectivity index (χ3n) is 2.35. The third-order valence-corrected chi connectivity index (χ3v) is 4.03. The Morgan fingerprint density at radius 2 is 2.00 bits per heavy atom. The largest absolute Gasteiger partial charge is 0.469 e. The Balaban J connectivity index is 2.54. The van der Waals surface area contributed by atoms with Gasteiger partial charge in [0.25, 0.3) is 0 Å². The van der Waals surface area contributed by atoms with Gasteiger partial charge in [-0.15, -0.1) is 0 Å². The molecular weight excluding hydrogens is 243 g/mol. The van der Waals surface area contributed by atoms with Gasteiger partial charge in [0.2, 0.25) is 0 Å². The van der Waals surface area contributed by atoms with Crippen molar-refractivity contribution in [2.45, 2.75) is 24.3 Å². The summed E-state index contributed by atoms with van der Waals surface area (Å²) in [5.74, 6) is -0.370. The minimum Gasteiger partial charge on any atom is -0.469 e. The zero-order chi connectivity index (χ0) is 12.8. The fraction of sp³-hybridized carbons (Fsp3) is 0.417. The second-order valence-electron chi connectivity index (χ2n) is 3.74. The average Bonchev–Trinajstić information content (AvgIpc) is 2.31. The molecular formula is C12H15FO3S. The van der Waals surface area contributed by atoms with Crippen LogP contribution in [0, 0.1) is 5.82 Å². The van der Waals surface area contributed by atoms with Crippen molar-refractivity contribution in [3.05, 3.63) is 35.6 Å². The van der Waals surface area contributed by atoms with Crippen LogP contribution in [-0.4, -0.2) is 22.5 Å². The van der Waals surface area contributed by atoms with E-state index in [0.717, 1.165) is 5.56 Å². The van der Waals surface area contributed by atoms with Crippen LogP contribution in [0.25, 0.3) is 0 Å². The van der Waals surface area contributed by atoms with Gasteiger partial charge < -0.3 is 4.74 Å². The quantitative estimate of drug-likeness (QED) is 0.759. The van der Waals surface area contributed by atoms with Gasteiger partial charge >= 0.3 is 5.97 Å². The molecule has 0 fully saturated rings. The zero-order valence-corrected chi connectivity index (χ0v) is 10.6. The lowest BCUT2D eigenvalue weighted by molar-refractivity contribution is -0.140. The summed E-state index contributed by atoms with van der Waals surface area (Å²) in [6, 6.07) is 5.85. The molecule has 1 aromatic carbocycles. The molecule has 0 aromatic heterocycles. The maximum absolute atomic E-state index is 12.7. The predicted molar refractivity (Wildman–Crippen MR) is 64.3 cm³/mol. The number of rotatable bonds is 5. The Hall–Kier alpha value is -1.23. The van der Waals surface area contributed by atoms with Crippen molar-refractivity contribution >= 4 is 16.8 Å². The van der Waals surface area contributed by atoms with Crippen LogP contribution in [0.3, 0.4) is 0 Å². The average molecular weight is 258 g/mol. The number of carbonyl (C=O) groups excluding carboxylic acids is 1. The molecule has 2 unspecified atom stereocenters. The number of methoxy groups -OCH3 is 1. The van der Waals surface area contributed by atoms with E-state index in [-0.39, 0.29) is 23.5 Å². The topological polar surface area (TPSA) is 43.4 Å². The van der Waals surface area contributed by atoms with Crippen LogP contribution in [0.15, 0.2) is 24.3 Å². The first-order valence-electron chi connectivity index (χ1n) is 5.21. The summed E-state index contributed by atoms with van der Waals surface area (Å²) in [5, 5.41) is -0.271. The van der Waals surface area contributed by atoms with Crippen molar-refractivity contribution in [2.24, 2.45) is 0 Å². The molecule has 0 aliphatic rings. The molecule has 17 heavy (non-hydrogen) atoms. The predicted octanol–water partition coefficient (Wildman–Crippen LogP) is 2.03. The van der Waals surface area contributed by atoms with Gasteiger partial charge in [-0.05, 0) is 17.7 Å². The molecule has 0 bridgehead atoms. The van der Waals surface area contributed by atoms with Gasteiger partial charge in [0, 0.05) is 21.8 Å². The van der Waals surface area contributed by atoms with Crippen molar-refractivity contribution < 1.29 is 18.1 Å². The molecule has 0 saturated carbocycles. The highest BCUT2D eigenvalue weighted by Crippen LogP contribution is 2.11. The molecule has 0 heterocycles. The number of esters is 1. The molecule has 0 spiro atoms. The van der Waals surface area contributed by atoms with Crippen molar-refractivity contribution in [3.63, 3.8) is 0 Å². The van der Waals surface area contributed by atoms with E-state index in [1.54, 1.807) is 19.1 Å². The molecule has 1 aromatic rings. The number of hydrogen-bond acceptors (Lipinski definition) is 3. The summed E-state index contributed by atoms with van der Waals surface area (Å²) in [6.45, 7) is 1.73. The molecule has 0 N–H and O–H groups in total. The Morgan fingerprint density at radius 1 is 1.41 bits per heavy atom. The van der Waals surface area contributed by atoms with Gasteiger partial charge in [0.15, 0.2) is 0 Å². The minimum absolute atomic E-state index is 0.129. The normalized spacial score (nSPS) is 14.1. The zero-order valence-electron chi connectivity index (χ0n) is 9.81. The summed E-state index contributed by atoms with van der Waals surface area (Å²) in [6.07, 6.45) is 0.129. The highest BCUT2D eigenvalue weighted by atomic mass is 32.2. The SMILES string of the molecule is COC(=O)CC(C)S(=O)Cc1ccc(F)cc1. The Morgan fingerprint density at radius 3 is 2.53 bits per heavy atom. The van der Waals surface area contributed by atoms with E-state index in [4.69, 9.17) is 0 Å². The van der Waals surface area contributed by atoms with Crippen molar-refractivity contribution in [2.75, 3.05) is 7.11 Å². The highest BCUT2D eigenvalue weighted by Gasteiger charge is 2.16. The Labute approximate surface area is 102 Å². The maximum Gasteiger partial charge on any atom is 0.306 e. The Kier molecular flexibility index (Phi) is 5.28. The fourth-order valence-corrected chi connectivity index (χ4v) is 2.43.